The van der Waals surface area contributed by atoms with E-state index in [1.807, 2.05) is 11.4 Å². The molecule has 0 saturated heterocycles. The Morgan fingerprint density at radius 2 is 1.89 bits per heavy atom. The summed E-state index contributed by atoms with van der Waals surface area (Å²) >= 11 is 7.37. The van der Waals surface area contributed by atoms with E-state index in [2.05, 4.69) is 38.1 Å². The van der Waals surface area contributed by atoms with Crippen molar-refractivity contribution in [2.45, 2.75) is 32.3 Å². The van der Waals surface area contributed by atoms with Crippen molar-refractivity contribution in [3.63, 3.8) is 0 Å². The van der Waals surface area contributed by atoms with Crippen molar-refractivity contribution < 1.29 is 5.11 Å². The van der Waals surface area contributed by atoms with Crippen LogP contribution in [0.1, 0.15) is 41.9 Å². The van der Waals surface area contributed by atoms with Crippen LogP contribution in [0.2, 0.25) is 5.02 Å². The molecule has 1 unspecified atom stereocenters. The van der Waals surface area contributed by atoms with E-state index in [1.165, 1.54) is 16.9 Å². The minimum absolute atomic E-state index is 0.465. The summed E-state index contributed by atoms with van der Waals surface area (Å²) in [5.41, 5.74) is 2.48. The van der Waals surface area contributed by atoms with Gasteiger partial charge in [0, 0.05) is 16.7 Å². The molecule has 0 aliphatic carbocycles. The number of aliphatic hydroxyl groups excluding tert-OH is 1. The molecule has 1 aromatic carbocycles. The first-order valence-electron chi connectivity index (χ1n) is 6.07. The zero-order chi connectivity index (χ0) is 13.1. The van der Waals surface area contributed by atoms with Crippen LogP contribution in [0.15, 0.2) is 35.7 Å². The van der Waals surface area contributed by atoms with Gasteiger partial charge in [-0.2, -0.15) is 0 Å². The highest BCUT2D eigenvalue weighted by Crippen LogP contribution is 2.27. The molecule has 0 saturated carbocycles. The summed E-state index contributed by atoms with van der Waals surface area (Å²) in [6, 6.07) is 10.3. The van der Waals surface area contributed by atoms with Gasteiger partial charge >= 0.3 is 0 Å². The van der Waals surface area contributed by atoms with Gasteiger partial charge in [-0.3, -0.25) is 0 Å². The summed E-state index contributed by atoms with van der Waals surface area (Å²) < 4.78 is 0. The van der Waals surface area contributed by atoms with Crippen LogP contribution < -0.4 is 0 Å². The first kappa shape index (κ1) is 13.6. The van der Waals surface area contributed by atoms with Crippen LogP contribution in [0.3, 0.4) is 0 Å². The first-order chi connectivity index (χ1) is 8.56. The number of halogens is 1. The molecule has 1 N–H and O–H groups in total. The van der Waals surface area contributed by atoms with Crippen LogP contribution in [0.5, 0.6) is 0 Å². The van der Waals surface area contributed by atoms with Crippen molar-refractivity contribution in [3.05, 3.63) is 56.7 Å². The fourth-order valence-electron chi connectivity index (χ4n) is 1.87. The van der Waals surface area contributed by atoms with Crippen molar-refractivity contribution in [2.24, 2.45) is 0 Å². The Balaban J connectivity index is 2.05. The van der Waals surface area contributed by atoms with E-state index in [4.69, 9.17) is 11.6 Å². The van der Waals surface area contributed by atoms with Gasteiger partial charge in [0.1, 0.15) is 0 Å². The van der Waals surface area contributed by atoms with E-state index >= 15 is 0 Å². The van der Waals surface area contributed by atoms with Crippen molar-refractivity contribution in [1.82, 2.24) is 0 Å². The number of aliphatic hydroxyl groups is 1. The molecular formula is C15H17ClOS. The second kappa shape index (κ2) is 5.87. The van der Waals surface area contributed by atoms with E-state index in [0.717, 1.165) is 10.4 Å². The van der Waals surface area contributed by atoms with Crippen LogP contribution in [-0.4, -0.2) is 5.11 Å². The summed E-state index contributed by atoms with van der Waals surface area (Å²) in [5.74, 6) is 0.542. The van der Waals surface area contributed by atoms with Gasteiger partial charge in [0.25, 0.3) is 0 Å². The largest absolute Gasteiger partial charge is 0.387 e. The Morgan fingerprint density at radius 3 is 2.39 bits per heavy atom. The molecule has 0 aliphatic heterocycles. The molecule has 0 spiro atoms. The van der Waals surface area contributed by atoms with E-state index in [1.54, 1.807) is 0 Å². The second-order valence-electron chi connectivity index (χ2n) is 4.78. The van der Waals surface area contributed by atoms with Crippen molar-refractivity contribution in [1.29, 1.82) is 0 Å². The summed E-state index contributed by atoms with van der Waals surface area (Å²) in [7, 11) is 0. The van der Waals surface area contributed by atoms with Gasteiger partial charge in [0.05, 0.1) is 11.1 Å². The van der Waals surface area contributed by atoms with Crippen molar-refractivity contribution in [2.75, 3.05) is 0 Å². The summed E-state index contributed by atoms with van der Waals surface area (Å²) in [4.78, 5) is 0.924. The Hall–Kier alpha value is -0.830. The molecule has 2 aromatic rings. The number of rotatable bonds is 4. The average Bonchev–Trinajstić information content (AvgIpc) is 2.76. The number of hydrogen-bond acceptors (Lipinski definition) is 2. The quantitative estimate of drug-likeness (QED) is 0.853. The SMILES string of the molecule is CC(C)c1ccc(CC(O)c2cc(Cl)cs2)cc1. The molecule has 0 radical (unpaired) electrons. The lowest BCUT2D eigenvalue weighted by Gasteiger charge is -2.10. The smallest absolute Gasteiger partial charge is 0.0922 e. The normalized spacial score (nSPS) is 12.9. The van der Waals surface area contributed by atoms with Crippen molar-refractivity contribution in [3.8, 4) is 0 Å². The van der Waals surface area contributed by atoms with E-state index in [-0.39, 0.29) is 0 Å². The van der Waals surface area contributed by atoms with Crippen LogP contribution >= 0.6 is 22.9 Å². The highest BCUT2D eigenvalue weighted by atomic mass is 35.5. The third-order valence-corrected chi connectivity index (χ3v) is 4.37. The second-order valence-corrected chi connectivity index (χ2v) is 6.16. The Labute approximate surface area is 117 Å². The number of benzene rings is 1. The Bertz CT molecular complexity index is 501. The third-order valence-electron chi connectivity index (χ3n) is 2.99. The topological polar surface area (TPSA) is 20.2 Å². The predicted octanol–water partition coefficient (Wildman–Crippen LogP) is 4.80. The van der Waals surface area contributed by atoms with Gasteiger partial charge in [-0.15, -0.1) is 11.3 Å². The lowest BCUT2D eigenvalue weighted by Crippen LogP contribution is -1.99. The van der Waals surface area contributed by atoms with Gasteiger partial charge < -0.3 is 5.11 Å². The monoisotopic (exact) mass is 280 g/mol. The zero-order valence-corrected chi connectivity index (χ0v) is 12.1. The molecule has 2 rings (SSSR count). The van der Waals surface area contributed by atoms with Crippen molar-refractivity contribution >= 4 is 22.9 Å². The van der Waals surface area contributed by atoms with Gasteiger partial charge in [0.2, 0.25) is 0 Å². The molecule has 1 nitrogen and oxygen atoms in total. The van der Waals surface area contributed by atoms with Gasteiger partial charge in [0.15, 0.2) is 0 Å². The molecular weight excluding hydrogens is 264 g/mol. The summed E-state index contributed by atoms with van der Waals surface area (Å²) in [6.07, 6.45) is 0.169. The maximum atomic E-state index is 10.1. The fourth-order valence-corrected chi connectivity index (χ4v) is 2.93. The van der Waals surface area contributed by atoms with Crippen LogP contribution in [-0.2, 0) is 6.42 Å². The minimum Gasteiger partial charge on any atom is -0.387 e. The van der Waals surface area contributed by atoms with E-state index < -0.39 is 6.10 Å². The summed E-state index contributed by atoms with van der Waals surface area (Å²) in [6.45, 7) is 4.36. The lowest BCUT2D eigenvalue weighted by atomic mass is 9.99. The molecule has 0 fully saturated rings. The summed E-state index contributed by atoms with van der Waals surface area (Å²) in [5, 5.41) is 12.7. The number of thiophene rings is 1. The molecule has 0 aliphatic rings. The molecule has 1 heterocycles. The molecule has 3 heteroatoms. The fraction of sp³-hybridized carbons (Fsp3) is 0.333. The molecule has 96 valence electrons. The van der Waals surface area contributed by atoms with E-state index in [0.29, 0.717) is 17.4 Å². The highest BCUT2D eigenvalue weighted by molar-refractivity contribution is 7.10. The maximum Gasteiger partial charge on any atom is 0.0922 e. The standard InChI is InChI=1S/C15H17ClOS/c1-10(2)12-5-3-11(4-6-12)7-14(17)15-8-13(16)9-18-15/h3-6,8-10,14,17H,7H2,1-2H3. The molecule has 0 bridgehead atoms. The maximum absolute atomic E-state index is 10.1. The Morgan fingerprint density at radius 1 is 1.22 bits per heavy atom. The van der Waals surface area contributed by atoms with Gasteiger partial charge in [-0.1, -0.05) is 49.7 Å². The van der Waals surface area contributed by atoms with Crippen LogP contribution in [0.4, 0.5) is 0 Å². The third kappa shape index (κ3) is 3.35. The molecule has 18 heavy (non-hydrogen) atoms. The lowest BCUT2D eigenvalue weighted by molar-refractivity contribution is 0.182. The van der Waals surface area contributed by atoms with Crippen LogP contribution in [0, 0.1) is 0 Å². The minimum atomic E-state index is -0.465. The predicted molar refractivity (Wildman–Crippen MR) is 78.5 cm³/mol. The first-order valence-corrected chi connectivity index (χ1v) is 7.33. The van der Waals surface area contributed by atoms with Gasteiger partial charge in [-0.05, 0) is 23.1 Å². The van der Waals surface area contributed by atoms with Gasteiger partial charge in [-0.25, -0.2) is 0 Å². The van der Waals surface area contributed by atoms with E-state index in [9.17, 15) is 5.11 Å². The highest BCUT2D eigenvalue weighted by Gasteiger charge is 2.11. The average molecular weight is 281 g/mol. The van der Waals surface area contributed by atoms with Crippen LogP contribution in [0.25, 0.3) is 0 Å². The molecule has 1 atom stereocenters. The zero-order valence-electron chi connectivity index (χ0n) is 10.6. The molecule has 1 aromatic heterocycles. The number of hydrogen-bond donors (Lipinski definition) is 1. The molecule has 0 amide bonds. The Kier molecular flexibility index (Phi) is 4.44.